The van der Waals surface area contributed by atoms with Crippen LogP contribution in [-0.2, 0) is 6.54 Å². The van der Waals surface area contributed by atoms with Crippen molar-refractivity contribution in [3.8, 4) is 11.3 Å². The van der Waals surface area contributed by atoms with Crippen molar-refractivity contribution in [2.24, 2.45) is 22.2 Å². The first-order valence-corrected chi connectivity index (χ1v) is 22.5. The molecule has 318 valence electrons. The molecule has 5 atom stereocenters. The van der Waals surface area contributed by atoms with Crippen LogP contribution in [-0.4, -0.2) is 70.1 Å². The number of unbranched alkanes of at least 4 members (excludes halogenated alkanes) is 2. The van der Waals surface area contributed by atoms with Gasteiger partial charge < -0.3 is 30.3 Å². The Morgan fingerprint density at radius 2 is 1.83 bits per heavy atom. The lowest BCUT2D eigenvalue weighted by molar-refractivity contribution is 0.110. The molecule has 5 unspecified atom stereocenters. The Morgan fingerprint density at radius 1 is 1.05 bits per heavy atom. The Balaban J connectivity index is 1.17. The van der Waals surface area contributed by atoms with Gasteiger partial charge in [-0.25, -0.2) is 18.2 Å². The van der Waals surface area contributed by atoms with E-state index in [0.29, 0.717) is 36.5 Å². The van der Waals surface area contributed by atoms with E-state index in [1.165, 1.54) is 30.5 Å². The maximum atomic E-state index is 15.4. The third-order valence-electron chi connectivity index (χ3n) is 12.5. The molecule has 0 radical (unpaired) electrons. The quantitative estimate of drug-likeness (QED) is 0.0530. The summed E-state index contributed by atoms with van der Waals surface area (Å²) >= 11 is 1.48. The highest BCUT2D eigenvalue weighted by Crippen LogP contribution is 2.42. The molecule has 59 heavy (non-hydrogen) atoms. The largest absolute Gasteiger partial charge is 0.387 e. The molecule has 3 heterocycles. The normalized spacial score (nSPS) is 20.7. The number of nitrogens with zero attached hydrogens (tertiary/aromatic N) is 5. The van der Waals surface area contributed by atoms with E-state index in [1.807, 2.05) is 24.4 Å². The number of nitrogens with one attached hydrogen (secondary N) is 3. The fraction of sp³-hybridized carbons (Fsp3) is 0.500. The minimum absolute atomic E-state index is 0.0666. The summed E-state index contributed by atoms with van der Waals surface area (Å²) in [6, 6.07) is 13.9. The number of rotatable bonds is 22. The molecule has 3 fully saturated rings. The second-order valence-electron chi connectivity index (χ2n) is 17.0. The van der Waals surface area contributed by atoms with Crippen molar-refractivity contribution in [1.82, 2.24) is 35.3 Å². The standard InChI is InChI=1S/C48H66F2N8S/c1-33-27-52-29-41(33)31-58(38(6)54-35(3)28-53-34(2)17-11-10-16-24-57-36(4)25-46(37(57)5)59-51-7)47(40-20-14-9-15-21-40)48-55-45(43-26-42(49)22-23-44(43)50)32-56(48)30-39-18-12-8-13-19-39/h8,12-13,18-19,22-23,26,32-33,35,40-41,46-47,52-54H,2,4-7,9-11,14-17,20-21,24-25,27-31H2,1,3H3. The van der Waals surface area contributed by atoms with Crippen molar-refractivity contribution in [3.05, 3.63) is 127 Å². The summed E-state index contributed by atoms with van der Waals surface area (Å²) in [7, 11) is 0. The van der Waals surface area contributed by atoms with Gasteiger partial charge in [0.1, 0.15) is 17.5 Å². The smallest absolute Gasteiger partial charge is 0.132 e. The summed E-state index contributed by atoms with van der Waals surface area (Å²) < 4.78 is 36.2. The summed E-state index contributed by atoms with van der Waals surface area (Å²) in [4.78, 5) is 9.99. The lowest BCUT2D eigenvalue weighted by atomic mass is 9.82. The van der Waals surface area contributed by atoms with E-state index in [4.69, 9.17) is 11.6 Å². The van der Waals surface area contributed by atoms with Gasteiger partial charge in [0.05, 0.1) is 22.8 Å². The number of allylic oxidation sites excluding steroid dienone is 2. The van der Waals surface area contributed by atoms with Crippen LogP contribution in [0.1, 0.15) is 95.5 Å². The first-order valence-electron chi connectivity index (χ1n) is 21.7. The van der Waals surface area contributed by atoms with Crippen LogP contribution < -0.4 is 16.0 Å². The summed E-state index contributed by atoms with van der Waals surface area (Å²) in [6.07, 6.45) is 12.6. The molecule has 2 aliphatic heterocycles. The van der Waals surface area contributed by atoms with Crippen LogP contribution in [0.5, 0.6) is 0 Å². The first-order chi connectivity index (χ1) is 28.5. The summed E-state index contributed by atoms with van der Waals surface area (Å²) in [6.45, 7) is 30.7. The van der Waals surface area contributed by atoms with Crippen molar-refractivity contribution in [2.45, 2.75) is 102 Å². The fourth-order valence-corrected chi connectivity index (χ4v) is 9.80. The molecular weight excluding hydrogens is 759 g/mol. The Labute approximate surface area is 356 Å². The molecule has 1 aliphatic carbocycles. The minimum atomic E-state index is -0.484. The Bertz CT molecular complexity index is 1910. The second kappa shape index (κ2) is 21.3. The van der Waals surface area contributed by atoms with E-state index in [2.05, 4.69) is 87.1 Å². The average Bonchev–Trinajstić information content (AvgIpc) is 3.91. The lowest BCUT2D eigenvalue weighted by Gasteiger charge is -2.43. The molecule has 1 saturated carbocycles. The van der Waals surface area contributed by atoms with E-state index in [1.54, 1.807) is 0 Å². The zero-order chi connectivity index (χ0) is 41.9. The highest BCUT2D eigenvalue weighted by atomic mass is 32.2. The Morgan fingerprint density at radius 3 is 2.56 bits per heavy atom. The van der Waals surface area contributed by atoms with Gasteiger partial charge >= 0.3 is 0 Å². The van der Waals surface area contributed by atoms with E-state index in [9.17, 15) is 4.39 Å². The van der Waals surface area contributed by atoms with Gasteiger partial charge in [-0.1, -0.05) is 89.3 Å². The van der Waals surface area contributed by atoms with Gasteiger partial charge in [0.25, 0.3) is 0 Å². The summed E-state index contributed by atoms with van der Waals surface area (Å²) in [5.41, 5.74) is 4.98. The van der Waals surface area contributed by atoms with Gasteiger partial charge in [-0.3, -0.25) is 0 Å². The predicted octanol–water partition coefficient (Wildman–Crippen LogP) is 10.2. The predicted molar refractivity (Wildman–Crippen MR) is 243 cm³/mol. The van der Waals surface area contributed by atoms with Crippen LogP contribution in [0.4, 0.5) is 8.78 Å². The molecule has 3 aliphatic rings. The molecule has 3 N–H and O–H groups in total. The summed E-state index contributed by atoms with van der Waals surface area (Å²) in [5.74, 6) is 1.99. The molecule has 0 bridgehead atoms. The molecule has 2 aromatic carbocycles. The molecule has 11 heteroatoms. The number of hydrogen-bond donors (Lipinski definition) is 3. The van der Waals surface area contributed by atoms with Gasteiger partial charge in [0.2, 0.25) is 0 Å². The van der Waals surface area contributed by atoms with Gasteiger partial charge in [0.15, 0.2) is 0 Å². The minimum Gasteiger partial charge on any atom is -0.387 e. The molecular formula is C48H66F2N8S. The molecule has 0 amide bonds. The zero-order valence-corrected chi connectivity index (χ0v) is 36.2. The SMILES string of the molecule is C=NSC1CC(=C)N(CCCCCC(=C)NCC(C)NC(=C)N(CC2CNCC2C)C(c2nc(-c3cc(F)ccc3F)cn2Cc2ccccc2)C2CCCCC2)C1=C. The fourth-order valence-electron chi connectivity index (χ4n) is 9.10. The summed E-state index contributed by atoms with van der Waals surface area (Å²) in [5, 5.41) is 11.3. The van der Waals surface area contributed by atoms with E-state index in [-0.39, 0.29) is 22.9 Å². The van der Waals surface area contributed by atoms with Crippen LogP contribution in [0.15, 0.2) is 108 Å². The Hall–Kier alpha value is -4.35. The van der Waals surface area contributed by atoms with Crippen LogP contribution >= 0.6 is 11.9 Å². The first kappa shape index (κ1) is 44.2. The number of likely N-dealkylation sites (tertiary alicyclic amines) is 1. The molecule has 6 rings (SSSR count). The average molecular weight is 825 g/mol. The van der Waals surface area contributed by atoms with Gasteiger partial charge in [-0.2, -0.15) is 0 Å². The van der Waals surface area contributed by atoms with Crippen molar-refractivity contribution >= 4 is 18.7 Å². The maximum absolute atomic E-state index is 15.4. The number of hydrogen-bond acceptors (Lipinski definition) is 8. The number of benzene rings is 2. The van der Waals surface area contributed by atoms with Gasteiger partial charge in [0, 0.05) is 67.5 Å². The van der Waals surface area contributed by atoms with E-state index >= 15 is 4.39 Å². The third kappa shape index (κ3) is 11.7. The van der Waals surface area contributed by atoms with Gasteiger partial charge in [-0.05, 0) is 112 Å². The van der Waals surface area contributed by atoms with Crippen molar-refractivity contribution in [3.63, 3.8) is 0 Å². The van der Waals surface area contributed by atoms with E-state index < -0.39 is 11.6 Å². The van der Waals surface area contributed by atoms with Crippen molar-refractivity contribution in [1.29, 1.82) is 0 Å². The molecule has 8 nitrogen and oxygen atoms in total. The van der Waals surface area contributed by atoms with Crippen molar-refractivity contribution in [2.75, 3.05) is 32.7 Å². The van der Waals surface area contributed by atoms with Crippen LogP contribution in [0.3, 0.4) is 0 Å². The Kier molecular flexibility index (Phi) is 15.9. The molecule has 2 saturated heterocycles. The second-order valence-corrected chi connectivity index (χ2v) is 18.1. The van der Waals surface area contributed by atoms with Crippen LogP contribution in [0.2, 0.25) is 0 Å². The molecule has 3 aromatic rings. The van der Waals surface area contributed by atoms with E-state index in [0.717, 1.165) is 124 Å². The highest BCUT2D eigenvalue weighted by Gasteiger charge is 2.38. The number of imidazole rings is 1. The van der Waals surface area contributed by atoms with Crippen molar-refractivity contribution < 1.29 is 8.78 Å². The zero-order valence-electron chi connectivity index (χ0n) is 35.4. The third-order valence-corrected chi connectivity index (χ3v) is 13.4. The topological polar surface area (TPSA) is 72.8 Å². The lowest BCUT2D eigenvalue weighted by Crippen LogP contribution is -2.46. The van der Waals surface area contributed by atoms with Crippen LogP contribution in [0, 0.1) is 29.4 Å². The molecule has 1 aromatic heterocycles. The van der Waals surface area contributed by atoms with Gasteiger partial charge in [-0.15, -0.1) is 0 Å². The molecule has 0 spiro atoms. The maximum Gasteiger partial charge on any atom is 0.132 e. The van der Waals surface area contributed by atoms with Crippen LogP contribution in [0.25, 0.3) is 11.3 Å². The highest BCUT2D eigenvalue weighted by molar-refractivity contribution is 7.98. The number of aromatic nitrogens is 2. The number of halogens is 2. The monoisotopic (exact) mass is 825 g/mol.